The summed E-state index contributed by atoms with van der Waals surface area (Å²) in [5.41, 5.74) is 1.61. The quantitative estimate of drug-likeness (QED) is 0.702. The van der Waals surface area contributed by atoms with Gasteiger partial charge in [-0.3, -0.25) is 19.3 Å². The SMILES string of the molecule is CC(=O)Nc1ccc(C2=C(N(C)CCO)C(=O)N(Cc3ccco3)C2=O)cc1. The van der Waals surface area contributed by atoms with Gasteiger partial charge in [0.25, 0.3) is 11.8 Å². The van der Waals surface area contributed by atoms with E-state index in [2.05, 4.69) is 5.32 Å². The van der Waals surface area contributed by atoms with Crippen molar-refractivity contribution in [2.24, 2.45) is 0 Å². The fraction of sp³-hybridized carbons (Fsp3) is 0.250. The Morgan fingerprint density at radius 3 is 2.46 bits per heavy atom. The smallest absolute Gasteiger partial charge is 0.278 e. The molecule has 2 aromatic rings. The van der Waals surface area contributed by atoms with E-state index in [0.717, 1.165) is 4.90 Å². The number of hydrogen-bond acceptors (Lipinski definition) is 6. The third kappa shape index (κ3) is 3.81. The molecule has 1 aliphatic heterocycles. The number of carbonyl (C=O) groups excluding carboxylic acids is 3. The van der Waals surface area contributed by atoms with Crippen molar-refractivity contribution < 1.29 is 23.9 Å². The third-order valence-electron chi connectivity index (χ3n) is 4.35. The molecule has 0 saturated carbocycles. The molecule has 1 aromatic heterocycles. The molecule has 0 atom stereocenters. The highest BCUT2D eigenvalue weighted by Crippen LogP contribution is 2.32. The van der Waals surface area contributed by atoms with E-state index in [0.29, 0.717) is 17.0 Å². The van der Waals surface area contributed by atoms with Crippen LogP contribution in [0.3, 0.4) is 0 Å². The maximum Gasteiger partial charge on any atom is 0.278 e. The summed E-state index contributed by atoms with van der Waals surface area (Å²) in [5.74, 6) is -0.591. The fourth-order valence-corrected chi connectivity index (χ4v) is 3.06. The zero-order chi connectivity index (χ0) is 20.3. The maximum atomic E-state index is 13.1. The van der Waals surface area contributed by atoms with Gasteiger partial charge in [-0.25, -0.2) is 0 Å². The lowest BCUT2D eigenvalue weighted by Gasteiger charge is -2.20. The lowest BCUT2D eigenvalue weighted by molar-refractivity contribution is -0.138. The number of furan rings is 1. The summed E-state index contributed by atoms with van der Waals surface area (Å²) in [6.07, 6.45) is 1.48. The molecule has 146 valence electrons. The van der Waals surface area contributed by atoms with Crippen LogP contribution in [0.2, 0.25) is 0 Å². The normalized spacial score (nSPS) is 14.0. The van der Waals surface area contributed by atoms with Gasteiger partial charge in [0, 0.05) is 26.2 Å². The van der Waals surface area contributed by atoms with E-state index >= 15 is 0 Å². The summed E-state index contributed by atoms with van der Waals surface area (Å²) >= 11 is 0. The number of benzene rings is 1. The summed E-state index contributed by atoms with van der Waals surface area (Å²) < 4.78 is 5.27. The Morgan fingerprint density at radius 1 is 1.18 bits per heavy atom. The van der Waals surface area contributed by atoms with Crippen LogP contribution in [-0.4, -0.2) is 52.8 Å². The predicted octanol–water partition coefficient (Wildman–Crippen LogP) is 1.44. The highest BCUT2D eigenvalue weighted by atomic mass is 16.3. The Bertz CT molecular complexity index is 916. The van der Waals surface area contributed by atoms with Crippen LogP contribution in [0.1, 0.15) is 18.2 Å². The summed E-state index contributed by atoms with van der Waals surface area (Å²) in [6, 6.07) is 10.1. The Kier molecular flexibility index (Phi) is 5.60. The predicted molar refractivity (Wildman–Crippen MR) is 102 cm³/mol. The molecule has 3 rings (SSSR count). The average Bonchev–Trinajstić information content (AvgIpc) is 3.24. The van der Waals surface area contributed by atoms with E-state index in [1.165, 1.54) is 13.2 Å². The van der Waals surface area contributed by atoms with Crippen molar-refractivity contribution in [1.82, 2.24) is 9.80 Å². The van der Waals surface area contributed by atoms with Gasteiger partial charge in [0.1, 0.15) is 11.5 Å². The van der Waals surface area contributed by atoms with Crippen LogP contribution in [0.5, 0.6) is 0 Å². The van der Waals surface area contributed by atoms with Crippen LogP contribution >= 0.6 is 0 Å². The van der Waals surface area contributed by atoms with Gasteiger partial charge in [0.15, 0.2) is 0 Å². The second-order valence-electron chi connectivity index (χ2n) is 6.40. The highest BCUT2D eigenvalue weighted by molar-refractivity contribution is 6.35. The van der Waals surface area contributed by atoms with Crippen LogP contribution in [-0.2, 0) is 20.9 Å². The molecule has 0 aliphatic carbocycles. The van der Waals surface area contributed by atoms with Gasteiger partial charge in [-0.15, -0.1) is 0 Å². The number of aliphatic hydroxyl groups is 1. The molecular formula is C20H21N3O5. The average molecular weight is 383 g/mol. The van der Waals surface area contributed by atoms with Crippen molar-refractivity contribution in [3.63, 3.8) is 0 Å². The Morgan fingerprint density at radius 2 is 1.89 bits per heavy atom. The van der Waals surface area contributed by atoms with Crippen molar-refractivity contribution in [2.45, 2.75) is 13.5 Å². The van der Waals surface area contributed by atoms with E-state index in [9.17, 15) is 19.5 Å². The molecule has 1 aromatic carbocycles. The Balaban J connectivity index is 1.98. The van der Waals surface area contributed by atoms with Crippen LogP contribution in [0.25, 0.3) is 5.57 Å². The summed E-state index contributed by atoms with van der Waals surface area (Å²) in [7, 11) is 1.65. The van der Waals surface area contributed by atoms with Gasteiger partial charge in [-0.2, -0.15) is 0 Å². The largest absolute Gasteiger partial charge is 0.467 e. The van der Waals surface area contributed by atoms with Gasteiger partial charge < -0.3 is 19.7 Å². The Labute approximate surface area is 162 Å². The first kappa shape index (κ1) is 19.4. The van der Waals surface area contributed by atoms with Crippen molar-refractivity contribution in [2.75, 3.05) is 25.5 Å². The number of rotatable bonds is 7. The maximum absolute atomic E-state index is 13.1. The summed E-state index contributed by atoms with van der Waals surface area (Å²) in [6.45, 7) is 1.48. The molecule has 0 unspecified atom stereocenters. The zero-order valence-corrected chi connectivity index (χ0v) is 15.6. The molecular weight excluding hydrogens is 362 g/mol. The number of hydrogen-bond donors (Lipinski definition) is 2. The minimum absolute atomic E-state index is 0.0224. The molecule has 8 nitrogen and oxygen atoms in total. The molecule has 28 heavy (non-hydrogen) atoms. The monoisotopic (exact) mass is 383 g/mol. The molecule has 1 aliphatic rings. The van der Waals surface area contributed by atoms with Crippen LogP contribution in [0, 0.1) is 0 Å². The minimum Gasteiger partial charge on any atom is -0.467 e. The zero-order valence-electron chi connectivity index (χ0n) is 15.6. The number of amides is 3. The number of imide groups is 1. The van der Waals surface area contributed by atoms with Gasteiger partial charge >= 0.3 is 0 Å². The van der Waals surface area contributed by atoms with Crippen molar-refractivity contribution in [1.29, 1.82) is 0 Å². The first-order valence-electron chi connectivity index (χ1n) is 8.75. The van der Waals surface area contributed by atoms with Crippen LogP contribution in [0.15, 0.2) is 52.8 Å². The topological polar surface area (TPSA) is 103 Å². The standard InChI is InChI=1S/C20H21N3O5/c1-13(25)21-15-7-5-14(6-8-15)17-18(22(2)9-10-24)20(27)23(19(17)26)12-16-4-3-11-28-16/h3-8,11,24H,9-10,12H2,1-2H3,(H,21,25). The van der Waals surface area contributed by atoms with Crippen molar-refractivity contribution >= 4 is 29.0 Å². The van der Waals surface area contributed by atoms with Gasteiger partial charge in [-0.1, -0.05) is 12.1 Å². The number of likely N-dealkylation sites (N-methyl/N-ethyl adjacent to an activating group) is 1. The van der Waals surface area contributed by atoms with E-state index < -0.39 is 11.8 Å². The van der Waals surface area contributed by atoms with Gasteiger partial charge in [-0.05, 0) is 29.8 Å². The number of anilines is 1. The number of nitrogens with one attached hydrogen (secondary N) is 1. The van der Waals surface area contributed by atoms with E-state index in [1.54, 1.807) is 48.3 Å². The number of carbonyl (C=O) groups is 3. The summed E-state index contributed by atoms with van der Waals surface area (Å²) in [5, 5.41) is 11.9. The lowest BCUT2D eigenvalue weighted by Crippen LogP contribution is -2.34. The van der Waals surface area contributed by atoms with Crippen molar-refractivity contribution in [3.05, 3.63) is 59.7 Å². The molecule has 0 bridgehead atoms. The molecule has 3 amide bonds. The first-order chi connectivity index (χ1) is 13.4. The highest BCUT2D eigenvalue weighted by Gasteiger charge is 2.41. The molecule has 2 N–H and O–H groups in total. The molecule has 2 heterocycles. The second kappa shape index (κ2) is 8.10. The van der Waals surface area contributed by atoms with Gasteiger partial charge in [0.2, 0.25) is 5.91 Å². The molecule has 8 heteroatoms. The van der Waals surface area contributed by atoms with E-state index in [1.807, 2.05) is 0 Å². The number of nitrogens with zero attached hydrogens (tertiary/aromatic N) is 2. The second-order valence-corrected chi connectivity index (χ2v) is 6.40. The fourth-order valence-electron chi connectivity index (χ4n) is 3.06. The molecule has 0 spiro atoms. The third-order valence-corrected chi connectivity index (χ3v) is 4.35. The van der Waals surface area contributed by atoms with E-state index in [-0.39, 0.29) is 36.9 Å². The van der Waals surface area contributed by atoms with Crippen LogP contribution < -0.4 is 5.32 Å². The molecule has 0 radical (unpaired) electrons. The number of aliphatic hydroxyl groups excluding tert-OH is 1. The first-order valence-corrected chi connectivity index (χ1v) is 8.75. The Hall–Kier alpha value is -3.39. The lowest BCUT2D eigenvalue weighted by atomic mass is 10.0. The van der Waals surface area contributed by atoms with Crippen LogP contribution in [0.4, 0.5) is 5.69 Å². The molecule has 0 saturated heterocycles. The molecule has 0 fully saturated rings. The summed E-state index contributed by atoms with van der Waals surface area (Å²) in [4.78, 5) is 39.9. The minimum atomic E-state index is -0.446. The van der Waals surface area contributed by atoms with E-state index in [4.69, 9.17) is 4.42 Å². The van der Waals surface area contributed by atoms with Crippen molar-refractivity contribution in [3.8, 4) is 0 Å². The van der Waals surface area contributed by atoms with Gasteiger partial charge in [0.05, 0.1) is 25.0 Å².